The van der Waals surface area contributed by atoms with Crippen LogP contribution in [0.5, 0.6) is 5.75 Å². The van der Waals surface area contributed by atoms with Crippen molar-refractivity contribution in [3.8, 4) is 5.75 Å². The van der Waals surface area contributed by atoms with Crippen LogP contribution < -0.4 is 21.3 Å². The van der Waals surface area contributed by atoms with Crippen LogP contribution in [0.4, 0.5) is 4.79 Å². The molecular formula is C58H88N6O19. The average Bonchev–Trinajstić information content (AvgIpc) is 4.07. The van der Waals surface area contributed by atoms with Crippen LogP contribution in [0.1, 0.15) is 108 Å². The van der Waals surface area contributed by atoms with E-state index in [4.69, 9.17) is 29.6 Å². The number of ketones is 1. The molecule has 2 aliphatic heterocycles. The van der Waals surface area contributed by atoms with E-state index >= 15 is 0 Å². The van der Waals surface area contributed by atoms with E-state index in [0.29, 0.717) is 25.8 Å². The van der Waals surface area contributed by atoms with Crippen molar-refractivity contribution in [2.75, 3.05) is 48.0 Å². The number of nitrogens with one attached hydrogen (secondary N) is 2. The lowest BCUT2D eigenvalue weighted by atomic mass is 9.83. The third-order valence-electron chi connectivity index (χ3n) is 15.9. The lowest BCUT2D eigenvalue weighted by molar-refractivity contribution is -0.271. The molecule has 9 N–H and O–H groups in total. The molecule has 0 aromatic heterocycles. The maximum Gasteiger partial charge on any atom is 0.410 e. The van der Waals surface area contributed by atoms with Gasteiger partial charge in [0.2, 0.25) is 24.0 Å². The van der Waals surface area contributed by atoms with Crippen molar-refractivity contribution in [1.82, 2.24) is 25.3 Å². The van der Waals surface area contributed by atoms with Gasteiger partial charge in [-0.2, -0.15) is 0 Å². The Kier molecular flexibility index (Phi) is 26.7. The third kappa shape index (κ3) is 17.9. The summed E-state index contributed by atoms with van der Waals surface area (Å²) >= 11 is 0. The van der Waals surface area contributed by atoms with E-state index in [2.05, 4.69) is 15.5 Å². The first-order valence-electron chi connectivity index (χ1n) is 28.1. The summed E-state index contributed by atoms with van der Waals surface area (Å²) in [5, 5.41) is 56.0. The third-order valence-corrected chi connectivity index (χ3v) is 15.9. The van der Waals surface area contributed by atoms with Gasteiger partial charge in [0.05, 0.1) is 54.8 Å². The topological polar surface area (TPSA) is 353 Å². The Balaban J connectivity index is 1.50. The Morgan fingerprint density at radius 1 is 0.855 bits per heavy atom. The van der Waals surface area contributed by atoms with E-state index in [1.807, 2.05) is 33.8 Å². The Hall–Kier alpha value is -6.32. The molecule has 2 aliphatic rings. The molecule has 2 aromatic rings. The molecule has 25 heteroatoms. The molecule has 0 saturated carbocycles. The lowest BCUT2D eigenvalue weighted by Gasteiger charge is -2.41. The predicted molar refractivity (Wildman–Crippen MR) is 299 cm³/mol. The first-order chi connectivity index (χ1) is 39.1. The van der Waals surface area contributed by atoms with Gasteiger partial charge in [-0.25, -0.2) is 20.3 Å². The fraction of sp³-hybridized carbons (Fsp3) is 0.655. The molecule has 14 atom stereocenters. The zero-order valence-electron chi connectivity index (χ0n) is 49.7. The number of benzene rings is 2. The first-order valence-corrected chi connectivity index (χ1v) is 28.1. The smallest absolute Gasteiger partial charge is 0.410 e. The van der Waals surface area contributed by atoms with Crippen molar-refractivity contribution in [2.24, 2.45) is 35.5 Å². The summed E-state index contributed by atoms with van der Waals surface area (Å²) in [5.74, 6) is -3.03. The number of aliphatic hydroxyl groups excluding tert-OH is 3. The minimum Gasteiger partial charge on any atom is -0.480 e. The van der Waals surface area contributed by atoms with E-state index in [0.717, 1.165) is 10.5 Å². The number of carbonyl (C=O) groups excluding carboxylic acids is 6. The van der Waals surface area contributed by atoms with E-state index in [9.17, 15) is 63.9 Å². The van der Waals surface area contributed by atoms with E-state index in [1.54, 1.807) is 61.9 Å². The number of likely N-dealkylation sites (tertiary alicyclic amines) is 1. The van der Waals surface area contributed by atoms with Crippen molar-refractivity contribution >= 4 is 47.4 Å². The maximum atomic E-state index is 14.8. The minimum atomic E-state index is -2.00. The number of methoxy groups -OCH3 is 2. The molecule has 2 aromatic carbocycles. The van der Waals surface area contributed by atoms with Crippen molar-refractivity contribution in [3.05, 3.63) is 64.7 Å². The molecule has 25 nitrogen and oxygen atoms in total. The number of carboxylic acid groups (broad SMARTS) is 2. The van der Waals surface area contributed by atoms with Crippen LogP contribution in [0.2, 0.25) is 0 Å². The minimum absolute atomic E-state index is 0.0679. The summed E-state index contributed by atoms with van der Waals surface area (Å²) < 4.78 is 28.8. The first kappa shape index (κ1) is 69.2. The number of hydrogen-bond donors (Lipinski definition) is 8. The molecule has 2 heterocycles. The normalized spacial score (nSPS) is 21.8. The molecule has 0 bridgehead atoms. The van der Waals surface area contributed by atoms with Gasteiger partial charge in [-0.1, -0.05) is 85.2 Å². The number of nitrogens with two attached hydrogens (primary N) is 1. The van der Waals surface area contributed by atoms with Gasteiger partial charge in [0.15, 0.2) is 11.9 Å². The molecule has 2 saturated heterocycles. The van der Waals surface area contributed by atoms with Gasteiger partial charge in [-0.05, 0) is 66.3 Å². The standard InChI is InChI=1S/C58H88N6O19/c1-13-32(6)45(42(78-11)28-43(66)64-22-17-20-40(64)50(79-12)34(8)52(70)61-39(55(73)74)26-35-18-15-14-16-19-35)62(9)54(72)37(30(2)3)27-41(65)44(31(4)5)63(10)58(77)80-29-36-24-33(7)49(38(25-36)53(71)60-21-23-81-59)82-57-48(69)46(67)47(68)51(83-57)56(75)76/h14-16,18-19,24-25,30-32,34,37,39-40,42,44-48,50-51,57,67-69H,13,17,20-23,26-29,59H2,1-12H3,(H,60,71)(H,61,70)(H,73,74)(H,75,76)/t32?,34-,37+,39?,40+,42-,44+,45+,46+,47+,48-,50-,51+,57-/m1/s1. The van der Waals surface area contributed by atoms with Crippen LogP contribution in [0, 0.1) is 36.5 Å². The molecule has 464 valence electrons. The van der Waals surface area contributed by atoms with Crippen LogP contribution in [0.25, 0.3) is 0 Å². The molecule has 83 heavy (non-hydrogen) atoms. The van der Waals surface area contributed by atoms with E-state index in [1.165, 1.54) is 40.3 Å². The number of hydrogen-bond acceptors (Lipinski definition) is 18. The molecule has 2 fully saturated rings. The SMILES string of the molecule is CCC(C)[C@@H]([C@@H](CC(=O)N1CCC[C@H]1[C@H](OC)[C@@H](C)C(=O)NC(Cc1ccccc1)C(=O)O)OC)N(C)C(=O)[C@@H](CC(=O)[C@H](C(C)C)N(C)C(=O)OCc1cc(C)c(O[C@@H]2O[C@H](C(=O)O)[C@@H](O)[C@H](O)[C@H]2O)c(C(=O)NCCON)c1)C(C)C. The quantitative estimate of drug-likeness (QED) is 0.0397. The van der Waals surface area contributed by atoms with Crippen LogP contribution >= 0.6 is 0 Å². The summed E-state index contributed by atoms with van der Waals surface area (Å²) in [6, 6.07) is 8.29. The summed E-state index contributed by atoms with van der Waals surface area (Å²) in [4.78, 5) is 118. The number of likely N-dealkylation sites (N-methyl/N-ethyl adjacent to an activating group) is 2. The van der Waals surface area contributed by atoms with Gasteiger partial charge in [0.1, 0.15) is 36.7 Å². The van der Waals surface area contributed by atoms with Crippen LogP contribution in [0.3, 0.4) is 0 Å². The number of amides is 5. The molecule has 2 unspecified atom stereocenters. The number of Topliss-reactive ketones (excluding diaryl/α,β-unsaturated/α-hetero) is 1. The highest BCUT2D eigenvalue weighted by Crippen LogP contribution is 2.34. The number of ether oxygens (including phenoxy) is 5. The van der Waals surface area contributed by atoms with E-state index < -0.39 is 127 Å². The number of carboxylic acids is 2. The summed E-state index contributed by atoms with van der Waals surface area (Å²) in [6.45, 7) is 14.0. The summed E-state index contributed by atoms with van der Waals surface area (Å²) in [6.07, 6.45) is -10.9. The largest absolute Gasteiger partial charge is 0.480 e. The number of rotatable bonds is 31. The Morgan fingerprint density at radius 3 is 2.08 bits per heavy atom. The fourth-order valence-electron chi connectivity index (χ4n) is 11.1. The maximum absolute atomic E-state index is 14.8. The average molecular weight is 1170 g/mol. The number of aliphatic carboxylic acids is 2. The Morgan fingerprint density at radius 2 is 1.52 bits per heavy atom. The summed E-state index contributed by atoms with van der Waals surface area (Å²) in [5.41, 5.74) is 1.03. The van der Waals surface area contributed by atoms with Gasteiger partial charge >= 0.3 is 18.0 Å². The molecule has 0 spiro atoms. The van der Waals surface area contributed by atoms with Gasteiger partial charge < -0.3 is 79.4 Å². The molecule has 0 radical (unpaired) electrons. The molecule has 4 rings (SSSR count). The number of aryl methyl sites for hydroxylation is 1. The van der Waals surface area contributed by atoms with Crippen molar-refractivity contribution in [1.29, 1.82) is 0 Å². The summed E-state index contributed by atoms with van der Waals surface area (Å²) in [7, 11) is 5.94. The fourth-order valence-corrected chi connectivity index (χ4v) is 11.1. The monoisotopic (exact) mass is 1170 g/mol. The van der Waals surface area contributed by atoms with Crippen LogP contribution in [-0.4, -0.2) is 203 Å². The van der Waals surface area contributed by atoms with Crippen LogP contribution in [0.15, 0.2) is 42.5 Å². The zero-order valence-corrected chi connectivity index (χ0v) is 49.7. The number of carbonyl (C=O) groups is 8. The Bertz CT molecular complexity index is 2520. The van der Waals surface area contributed by atoms with Crippen molar-refractivity contribution < 1.29 is 92.4 Å². The molecular weight excluding hydrogens is 1080 g/mol. The zero-order chi connectivity index (χ0) is 62.2. The van der Waals surface area contributed by atoms with Gasteiger partial charge in [0, 0.05) is 60.2 Å². The van der Waals surface area contributed by atoms with Gasteiger partial charge in [-0.3, -0.25) is 24.0 Å². The highest BCUT2D eigenvalue weighted by Gasteiger charge is 2.49. The van der Waals surface area contributed by atoms with Crippen molar-refractivity contribution in [2.45, 2.75) is 168 Å². The van der Waals surface area contributed by atoms with Crippen LogP contribution in [-0.2, 0) is 65.6 Å². The second-order valence-corrected chi connectivity index (χ2v) is 22.3. The van der Waals surface area contributed by atoms with Gasteiger partial charge in [-0.15, -0.1) is 0 Å². The highest BCUT2D eigenvalue weighted by molar-refractivity contribution is 5.98. The second-order valence-electron chi connectivity index (χ2n) is 22.3. The van der Waals surface area contributed by atoms with Gasteiger partial charge in [0.25, 0.3) is 5.91 Å². The Labute approximate surface area is 485 Å². The second kappa shape index (κ2) is 32.1. The van der Waals surface area contributed by atoms with E-state index in [-0.39, 0.29) is 78.5 Å². The van der Waals surface area contributed by atoms with Crippen molar-refractivity contribution in [3.63, 3.8) is 0 Å². The lowest BCUT2D eigenvalue weighted by Crippen LogP contribution is -2.61. The molecule has 5 amide bonds. The number of aliphatic hydroxyl groups is 3. The predicted octanol–water partition coefficient (Wildman–Crippen LogP) is 2.44. The molecule has 0 aliphatic carbocycles. The highest BCUT2D eigenvalue weighted by atomic mass is 16.7. The number of nitrogens with zero attached hydrogens (tertiary/aromatic N) is 3.